The molecule has 1 saturated heterocycles. The Morgan fingerprint density at radius 2 is 1.75 bits per heavy atom. The summed E-state index contributed by atoms with van der Waals surface area (Å²) in [6.45, 7) is 4.36. The van der Waals surface area contributed by atoms with Crippen molar-refractivity contribution < 1.29 is 13.6 Å². The van der Waals surface area contributed by atoms with Crippen LogP contribution in [0, 0.1) is 5.41 Å². The molecule has 2 nitrogen and oxygen atoms in total. The van der Waals surface area contributed by atoms with Crippen LogP contribution in [0.4, 0.5) is 8.78 Å². The van der Waals surface area contributed by atoms with E-state index >= 15 is 0 Å². The van der Waals surface area contributed by atoms with Crippen molar-refractivity contribution in [2.24, 2.45) is 5.41 Å². The summed E-state index contributed by atoms with van der Waals surface area (Å²) < 4.78 is 24.7. The SMILES string of the molecule is CC(C)(C)C(=O)N1CC(F)(F)C1. The molecule has 4 heteroatoms. The van der Waals surface area contributed by atoms with Gasteiger partial charge in [0, 0.05) is 5.41 Å². The van der Waals surface area contributed by atoms with Gasteiger partial charge < -0.3 is 4.90 Å². The van der Waals surface area contributed by atoms with E-state index in [4.69, 9.17) is 0 Å². The Balaban J connectivity index is 2.50. The average molecular weight is 177 g/mol. The Bertz CT molecular complexity index is 200. The lowest BCUT2D eigenvalue weighted by atomic mass is 9.92. The molecule has 12 heavy (non-hydrogen) atoms. The first-order valence-electron chi connectivity index (χ1n) is 3.90. The zero-order valence-electron chi connectivity index (χ0n) is 7.53. The number of alkyl halides is 2. The molecule has 1 amide bonds. The van der Waals surface area contributed by atoms with Gasteiger partial charge in [-0.2, -0.15) is 0 Å². The summed E-state index contributed by atoms with van der Waals surface area (Å²) in [6.07, 6.45) is 0. The zero-order chi connectivity index (χ0) is 9.57. The van der Waals surface area contributed by atoms with Gasteiger partial charge >= 0.3 is 0 Å². The van der Waals surface area contributed by atoms with Crippen molar-refractivity contribution in [1.82, 2.24) is 4.90 Å². The fourth-order valence-corrected chi connectivity index (χ4v) is 1.13. The van der Waals surface area contributed by atoms with Crippen molar-refractivity contribution in [3.05, 3.63) is 0 Å². The predicted molar refractivity (Wildman–Crippen MR) is 41.0 cm³/mol. The van der Waals surface area contributed by atoms with E-state index < -0.39 is 24.4 Å². The molecule has 0 spiro atoms. The fraction of sp³-hybridized carbons (Fsp3) is 0.875. The van der Waals surface area contributed by atoms with Crippen molar-refractivity contribution in [3.63, 3.8) is 0 Å². The van der Waals surface area contributed by atoms with Crippen molar-refractivity contribution in [2.75, 3.05) is 13.1 Å². The van der Waals surface area contributed by atoms with Gasteiger partial charge in [-0.1, -0.05) is 20.8 Å². The lowest BCUT2D eigenvalue weighted by Gasteiger charge is -2.41. The number of rotatable bonds is 0. The largest absolute Gasteiger partial charge is 0.330 e. The Hall–Kier alpha value is -0.670. The molecule has 0 aromatic carbocycles. The van der Waals surface area contributed by atoms with Gasteiger partial charge in [-0.3, -0.25) is 4.79 Å². The normalized spacial score (nSPS) is 21.9. The molecule has 0 aliphatic carbocycles. The van der Waals surface area contributed by atoms with E-state index in [-0.39, 0.29) is 5.91 Å². The summed E-state index contributed by atoms with van der Waals surface area (Å²) in [5.41, 5.74) is -0.545. The highest BCUT2D eigenvalue weighted by molar-refractivity contribution is 5.82. The van der Waals surface area contributed by atoms with Crippen LogP contribution in [0.5, 0.6) is 0 Å². The minimum absolute atomic E-state index is 0.201. The summed E-state index contributed by atoms with van der Waals surface area (Å²) in [6, 6.07) is 0. The molecule has 1 aliphatic heterocycles. The molecule has 0 saturated carbocycles. The summed E-state index contributed by atoms with van der Waals surface area (Å²) in [7, 11) is 0. The molecule has 0 aromatic rings. The number of halogens is 2. The third kappa shape index (κ3) is 1.73. The van der Waals surface area contributed by atoms with Crippen LogP contribution in [0.3, 0.4) is 0 Å². The number of amides is 1. The molecule has 1 rings (SSSR count). The van der Waals surface area contributed by atoms with Gasteiger partial charge in [0.05, 0.1) is 13.1 Å². The number of hydrogen-bond donors (Lipinski definition) is 0. The first kappa shape index (κ1) is 9.42. The average Bonchev–Trinajstić information content (AvgIpc) is 1.78. The minimum Gasteiger partial charge on any atom is -0.330 e. The minimum atomic E-state index is -2.65. The maximum absolute atomic E-state index is 12.3. The van der Waals surface area contributed by atoms with Crippen molar-refractivity contribution in [1.29, 1.82) is 0 Å². The summed E-state index contributed by atoms with van der Waals surface area (Å²) in [5.74, 6) is -2.85. The van der Waals surface area contributed by atoms with Gasteiger partial charge in [0.25, 0.3) is 5.92 Å². The van der Waals surface area contributed by atoms with Crippen LogP contribution >= 0.6 is 0 Å². The van der Waals surface area contributed by atoms with E-state index in [1.54, 1.807) is 20.8 Å². The van der Waals surface area contributed by atoms with Gasteiger partial charge in [0.15, 0.2) is 0 Å². The highest BCUT2D eigenvalue weighted by Gasteiger charge is 2.48. The van der Waals surface area contributed by atoms with Gasteiger partial charge in [0.1, 0.15) is 0 Å². The fourth-order valence-electron chi connectivity index (χ4n) is 1.13. The van der Waals surface area contributed by atoms with Crippen LogP contribution in [0.1, 0.15) is 20.8 Å². The van der Waals surface area contributed by atoms with Crippen LogP contribution in [0.15, 0.2) is 0 Å². The molecule has 0 unspecified atom stereocenters. The van der Waals surface area contributed by atoms with Crippen LogP contribution in [-0.2, 0) is 4.79 Å². The first-order valence-corrected chi connectivity index (χ1v) is 3.90. The molecular formula is C8H13F2NO. The topological polar surface area (TPSA) is 20.3 Å². The Kier molecular flexibility index (Phi) is 1.89. The molecule has 0 aromatic heterocycles. The number of carbonyl (C=O) groups excluding carboxylic acids is 1. The number of carbonyl (C=O) groups is 1. The van der Waals surface area contributed by atoms with Crippen molar-refractivity contribution in [3.8, 4) is 0 Å². The highest BCUT2D eigenvalue weighted by atomic mass is 19.3. The molecule has 1 fully saturated rings. The van der Waals surface area contributed by atoms with Crippen LogP contribution in [-0.4, -0.2) is 29.8 Å². The predicted octanol–water partition coefficient (Wildman–Crippen LogP) is 1.51. The Morgan fingerprint density at radius 1 is 1.33 bits per heavy atom. The van der Waals surface area contributed by atoms with Gasteiger partial charge in [-0.15, -0.1) is 0 Å². The van der Waals surface area contributed by atoms with E-state index in [9.17, 15) is 13.6 Å². The maximum atomic E-state index is 12.3. The Morgan fingerprint density at radius 3 is 2.00 bits per heavy atom. The number of likely N-dealkylation sites (tertiary alicyclic amines) is 1. The maximum Gasteiger partial charge on any atom is 0.282 e. The van der Waals surface area contributed by atoms with Crippen LogP contribution < -0.4 is 0 Å². The second-order valence-corrected chi connectivity index (χ2v) is 4.27. The van der Waals surface area contributed by atoms with E-state index in [1.165, 1.54) is 4.90 Å². The van der Waals surface area contributed by atoms with E-state index in [2.05, 4.69) is 0 Å². The zero-order valence-corrected chi connectivity index (χ0v) is 7.53. The highest BCUT2D eigenvalue weighted by Crippen LogP contribution is 2.30. The van der Waals surface area contributed by atoms with Crippen molar-refractivity contribution >= 4 is 5.91 Å². The summed E-state index contributed by atoms with van der Waals surface area (Å²) in [4.78, 5) is 12.5. The lowest BCUT2D eigenvalue weighted by molar-refractivity contribution is -0.173. The standard InChI is InChI=1S/C8H13F2NO/c1-7(2,3)6(12)11-4-8(9,10)5-11/h4-5H2,1-3H3. The molecule has 1 aliphatic rings. The molecule has 1 heterocycles. The molecule has 0 N–H and O–H groups in total. The monoisotopic (exact) mass is 177 g/mol. The van der Waals surface area contributed by atoms with E-state index in [0.29, 0.717) is 0 Å². The molecule has 0 radical (unpaired) electrons. The van der Waals surface area contributed by atoms with Crippen molar-refractivity contribution in [2.45, 2.75) is 26.7 Å². The third-order valence-electron chi connectivity index (χ3n) is 1.77. The van der Waals surface area contributed by atoms with Crippen LogP contribution in [0.2, 0.25) is 0 Å². The lowest BCUT2D eigenvalue weighted by Crippen LogP contribution is -2.60. The Labute approximate surface area is 70.5 Å². The van der Waals surface area contributed by atoms with Crippen LogP contribution in [0.25, 0.3) is 0 Å². The van der Waals surface area contributed by atoms with Gasteiger partial charge in [-0.25, -0.2) is 8.78 Å². The first-order chi connectivity index (χ1) is 5.22. The molecule has 0 bridgehead atoms. The van der Waals surface area contributed by atoms with E-state index in [0.717, 1.165) is 0 Å². The second kappa shape index (κ2) is 2.41. The smallest absolute Gasteiger partial charge is 0.282 e. The molecule has 70 valence electrons. The third-order valence-corrected chi connectivity index (χ3v) is 1.77. The molecule has 0 atom stereocenters. The quantitative estimate of drug-likeness (QED) is 0.549. The summed E-state index contributed by atoms with van der Waals surface area (Å²) >= 11 is 0. The second-order valence-electron chi connectivity index (χ2n) is 4.27. The summed E-state index contributed by atoms with van der Waals surface area (Å²) in [5, 5.41) is 0. The number of nitrogens with zero attached hydrogens (tertiary/aromatic N) is 1. The number of hydrogen-bond acceptors (Lipinski definition) is 1. The molecular weight excluding hydrogens is 164 g/mol. The van der Waals surface area contributed by atoms with Gasteiger partial charge in [0.2, 0.25) is 5.91 Å². The van der Waals surface area contributed by atoms with Gasteiger partial charge in [-0.05, 0) is 0 Å². The van der Waals surface area contributed by atoms with E-state index in [1.807, 2.05) is 0 Å².